The van der Waals surface area contributed by atoms with Gasteiger partial charge in [0.2, 0.25) is 5.91 Å². The summed E-state index contributed by atoms with van der Waals surface area (Å²) in [6, 6.07) is 0. The minimum absolute atomic E-state index is 0.187. The van der Waals surface area contributed by atoms with Crippen LogP contribution in [0.2, 0.25) is 0 Å². The molecule has 3 heteroatoms. The lowest BCUT2D eigenvalue weighted by molar-refractivity contribution is -0.122. The molecule has 19 heavy (non-hydrogen) atoms. The zero-order chi connectivity index (χ0) is 14.1. The second kappa shape index (κ2) is 9.35. The fourth-order valence-electron chi connectivity index (χ4n) is 3.16. The molecule has 1 saturated carbocycles. The van der Waals surface area contributed by atoms with Gasteiger partial charge in [-0.2, -0.15) is 0 Å². The Morgan fingerprint density at radius 2 is 1.95 bits per heavy atom. The van der Waals surface area contributed by atoms with Gasteiger partial charge in [0.05, 0.1) is 0 Å². The average Bonchev–Trinajstić information content (AvgIpc) is 2.38. The highest BCUT2D eigenvalue weighted by molar-refractivity contribution is 5.76. The topological polar surface area (TPSA) is 55.1 Å². The maximum atomic E-state index is 11.9. The Morgan fingerprint density at radius 3 is 2.53 bits per heavy atom. The van der Waals surface area contributed by atoms with E-state index in [1.54, 1.807) is 0 Å². The molecule has 0 heterocycles. The lowest BCUT2D eigenvalue weighted by Gasteiger charge is -2.22. The molecule has 0 spiro atoms. The van der Waals surface area contributed by atoms with Crippen molar-refractivity contribution in [3.63, 3.8) is 0 Å². The van der Waals surface area contributed by atoms with Crippen molar-refractivity contribution >= 4 is 5.91 Å². The molecule has 0 radical (unpaired) electrons. The highest BCUT2D eigenvalue weighted by Crippen LogP contribution is 2.25. The zero-order valence-electron chi connectivity index (χ0n) is 12.8. The minimum atomic E-state index is 0.187. The van der Waals surface area contributed by atoms with Gasteiger partial charge in [-0.05, 0) is 37.1 Å². The number of amides is 1. The summed E-state index contributed by atoms with van der Waals surface area (Å²) in [5.41, 5.74) is 5.73. The third-order valence-corrected chi connectivity index (χ3v) is 4.21. The van der Waals surface area contributed by atoms with E-state index in [1.165, 1.54) is 32.1 Å². The summed E-state index contributed by atoms with van der Waals surface area (Å²) in [4.78, 5) is 11.9. The molecule has 0 bridgehead atoms. The van der Waals surface area contributed by atoms with Crippen LogP contribution >= 0.6 is 0 Å². The van der Waals surface area contributed by atoms with Crippen LogP contribution in [0, 0.1) is 17.8 Å². The number of nitrogens with one attached hydrogen (secondary N) is 1. The number of carbonyl (C=O) groups is 1. The molecule has 0 aromatic heterocycles. The number of carbonyl (C=O) groups excluding carboxylic acids is 1. The van der Waals surface area contributed by atoms with Crippen molar-refractivity contribution in [3.05, 3.63) is 0 Å². The third-order valence-electron chi connectivity index (χ3n) is 4.21. The Bertz CT molecular complexity index is 247. The number of rotatable bonds is 8. The van der Waals surface area contributed by atoms with Gasteiger partial charge < -0.3 is 11.1 Å². The van der Waals surface area contributed by atoms with Gasteiger partial charge in [0.25, 0.3) is 0 Å². The maximum Gasteiger partial charge on any atom is 0.220 e. The molecule has 0 aromatic rings. The second-order valence-corrected chi connectivity index (χ2v) is 6.58. The van der Waals surface area contributed by atoms with Gasteiger partial charge in [-0.3, -0.25) is 4.79 Å². The molecule has 3 nitrogen and oxygen atoms in total. The monoisotopic (exact) mass is 268 g/mol. The quantitative estimate of drug-likeness (QED) is 0.711. The summed E-state index contributed by atoms with van der Waals surface area (Å²) in [6.07, 6.45) is 9.67. The van der Waals surface area contributed by atoms with E-state index in [0.29, 0.717) is 24.8 Å². The van der Waals surface area contributed by atoms with Crippen molar-refractivity contribution in [2.24, 2.45) is 23.5 Å². The predicted octanol–water partition coefficient (Wildman–Crippen LogP) is 3.08. The van der Waals surface area contributed by atoms with Crippen LogP contribution in [-0.4, -0.2) is 19.0 Å². The van der Waals surface area contributed by atoms with Crippen molar-refractivity contribution in [3.8, 4) is 0 Å². The molecule has 1 rings (SSSR count). The largest absolute Gasteiger partial charge is 0.356 e. The first-order valence-electron chi connectivity index (χ1n) is 8.08. The molecular weight excluding hydrogens is 236 g/mol. The fraction of sp³-hybridized carbons (Fsp3) is 0.938. The molecule has 1 fully saturated rings. The van der Waals surface area contributed by atoms with Crippen LogP contribution in [0.4, 0.5) is 0 Å². The van der Waals surface area contributed by atoms with Crippen LogP contribution < -0.4 is 11.1 Å². The van der Waals surface area contributed by atoms with Crippen LogP contribution in [0.5, 0.6) is 0 Å². The molecule has 1 unspecified atom stereocenters. The van der Waals surface area contributed by atoms with E-state index in [2.05, 4.69) is 19.2 Å². The van der Waals surface area contributed by atoms with Crippen LogP contribution in [0.15, 0.2) is 0 Å². The van der Waals surface area contributed by atoms with Crippen molar-refractivity contribution in [1.82, 2.24) is 5.32 Å². The normalized spacial score (nSPS) is 18.5. The summed E-state index contributed by atoms with van der Waals surface area (Å²) in [5, 5.41) is 3.07. The molecule has 1 atom stereocenters. The van der Waals surface area contributed by atoms with Crippen LogP contribution in [0.25, 0.3) is 0 Å². The summed E-state index contributed by atoms with van der Waals surface area (Å²) < 4.78 is 0. The first kappa shape index (κ1) is 16.5. The Kier molecular flexibility index (Phi) is 8.11. The Morgan fingerprint density at radius 1 is 1.26 bits per heavy atom. The lowest BCUT2D eigenvalue weighted by Crippen LogP contribution is -2.30. The molecular formula is C16H32N2O. The van der Waals surface area contributed by atoms with E-state index in [-0.39, 0.29) is 5.91 Å². The van der Waals surface area contributed by atoms with E-state index >= 15 is 0 Å². The van der Waals surface area contributed by atoms with Gasteiger partial charge in [-0.1, -0.05) is 46.0 Å². The first-order chi connectivity index (χ1) is 9.11. The first-order valence-corrected chi connectivity index (χ1v) is 8.08. The van der Waals surface area contributed by atoms with E-state index in [0.717, 1.165) is 25.3 Å². The molecule has 0 aromatic carbocycles. The summed E-state index contributed by atoms with van der Waals surface area (Å²) in [6.45, 7) is 5.84. The highest BCUT2D eigenvalue weighted by Gasteiger charge is 2.15. The lowest BCUT2D eigenvalue weighted by atomic mass is 9.87. The zero-order valence-corrected chi connectivity index (χ0v) is 12.8. The van der Waals surface area contributed by atoms with Crippen LogP contribution in [0.1, 0.15) is 65.2 Å². The van der Waals surface area contributed by atoms with Crippen molar-refractivity contribution in [1.29, 1.82) is 0 Å². The van der Waals surface area contributed by atoms with Gasteiger partial charge in [0, 0.05) is 13.0 Å². The van der Waals surface area contributed by atoms with Gasteiger partial charge in [0.1, 0.15) is 0 Å². The van der Waals surface area contributed by atoms with Crippen LogP contribution in [0.3, 0.4) is 0 Å². The maximum absolute atomic E-state index is 11.9. The molecule has 1 aliphatic carbocycles. The Hall–Kier alpha value is -0.570. The smallest absolute Gasteiger partial charge is 0.220 e. The van der Waals surface area contributed by atoms with Gasteiger partial charge in [-0.25, -0.2) is 0 Å². The molecule has 1 amide bonds. The van der Waals surface area contributed by atoms with E-state index < -0.39 is 0 Å². The predicted molar refractivity (Wildman–Crippen MR) is 80.8 cm³/mol. The molecule has 0 saturated heterocycles. The minimum Gasteiger partial charge on any atom is -0.356 e. The second-order valence-electron chi connectivity index (χ2n) is 6.58. The average molecular weight is 268 g/mol. The van der Waals surface area contributed by atoms with Crippen LogP contribution in [-0.2, 0) is 4.79 Å². The molecule has 0 aliphatic heterocycles. The number of hydrogen-bond acceptors (Lipinski definition) is 2. The standard InChI is InChI=1S/C16H32N2O/c1-13(2)10-15(12-17)11-16(19)18-9-8-14-6-4-3-5-7-14/h13-15H,3-12,17H2,1-2H3,(H,18,19). The van der Waals surface area contributed by atoms with Crippen molar-refractivity contribution in [2.75, 3.05) is 13.1 Å². The SMILES string of the molecule is CC(C)CC(CN)CC(=O)NCCC1CCCCC1. The van der Waals surface area contributed by atoms with Gasteiger partial charge in [0.15, 0.2) is 0 Å². The molecule has 1 aliphatic rings. The number of hydrogen-bond donors (Lipinski definition) is 2. The third kappa shape index (κ3) is 7.56. The summed E-state index contributed by atoms with van der Waals surface area (Å²) in [7, 11) is 0. The Labute approximate surface area is 118 Å². The molecule has 3 N–H and O–H groups in total. The van der Waals surface area contributed by atoms with Crippen molar-refractivity contribution < 1.29 is 4.79 Å². The summed E-state index contributed by atoms with van der Waals surface area (Å²) >= 11 is 0. The van der Waals surface area contributed by atoms with E-state index in [1.807, 2.05) is 0 Å². The highest BCUT2D eigenvalue weighted by atomic mass is 16.1. The Balaban J connectivity index is 2.12. The molecule has 112 valence electrons. The van der Waals surface area contributed by atoms with E-state index in [4.69, 9.17) is 5.73 Å². The fourth-order valence-corrected chi connectivity index (χ4v) is 3.16. The van der Waals surface area contributed by atoms with Gasteiger partial charge >= 0.3 is 0 Å². The van der Waals surface area contributed by atoms with Gasteiger partial charge in [-0.15, -0.1) is 0 Å². The van der Waals surface area contributed by atoms with Crippen molar-refractivity contribution in [2.45, 2.75) is 65.2 Å². The summed E-state index contributed by atoms with van der Waals surface area (Å²) in [5.74, 6) is 1.99. The van der Waals surface area contributed by atoms with E-state index in [9.17, 15) is 4.79 Å². The number of nitrogens with two attached hydrogens (primary N) is 1.